The van der Waals surface area contributed by atoms with Crippen molar-refractivity contribution in [3.63, 3.8) is 0 Å². The first-order chi connectivity index (χ1) is 12.3. The minimum absolute atomic E-state index is 0.287. The Kier molecular flexibility index (Phi) is 5.00. The van der Waals surface area contributed by atoms with E-state index >= 15 is 0 Å². The number of pyridine rings is 1. The molecule has 0 bridgehead atoms. The Labute approximate surface area is 158 Å². The van der Waals surface area contributed by atoms with Gasteiger partial charge in [0.25, 0.3) is 0 Å². The molecular formula is C25H30N+. The second kappa shape index (κ2) is 7.07. The monoisotopic (exact) mass is 344 g/mol. The zero-order valence-corrected chi connectivity index (χ0v) is 16.9. The Morgan fingerprint density at radius 2 is 1.46 bits per heavy atom. The van der Waals surface area contributed by atoms with E-state index in [4.69, 9.17) is 0 Å². The molecule has 1 heterocycles. The van der Waals surface area contributed by atoms with Gasteiger partial charge in [-0.05, 0) is 59.6 Å². The van der Waals surface area contributed by atoms with Gasteiger partial charge in [0.2, 0.25) is 5.69 Å². The number of hydrogen-bond acceptors (Lipinski definition) is 0. The van der Waals surface area contributed by atoms with Crippen molar-refractivity contribution in [2.24, 2.45) is 12.5 Å². The standard InChI is InChI=1S/C25H30N/c1-18-10-7-8-11-21(18)22-12-9-13-23(19(22)2)24-16-20(14-15-26(24)6)17-25(3,4)5/h7-16H,17H2,1-6H3/q+1. The second-order valence-corrected chi connectivity index (χ2v) is 8.56. The Morgan fingerprint density at radius 1 is 0.808 bits per heavy atom. The number of aryl methyl sites for hydroxylation is 2. The Bertz CT molecular complexity index is 929. The summed E-state index contributed by atoms with van der Waals surface area (Å²) in [4.78, 5) is 0. The van der Waals surface area contributed by atoms with Crippen LogP contribution < -0.4 is 4.57 Å². The van der Waals surface area contributed by atoms with Crippen LogP contribution in [0.2, 0.25) is 0 Å². The van der Waals surface area contributed by atoms with Gasteiger partial charge in [-0.3, -0.25) is 0 Å². The van der Waals surface area contributed by atoms with Gasteiger partial charge in [0.05, 0.1) is 0 Å². The molecule has 0 atom stereocenters. The first-order valence-electron chi connectivity index (χ1n) is 9.41. The van der Waals surface area contributed by atoms with Crippen LogP contribution in [0.15, 0.2) is 60.8 Å². The molecule has 0 spiro atoms. The summed E-state index contributed by atoms with van der Waals surface area (Å²) in [6, 6.07) is 19.9. The summed E-state index contributed by atoms with van der Waals surface area (Å²) in [5.41, 5.74) is 9.57. The van der Waals surface area contributed by atoms with Crippen molar-refractivity contribution in [2.45, 2.75) is 41.0 Å². The number of hydrogen-bond donors (Lipinski definition) is 0. The van der Waals surface area contributed by atoms with Gasteiger partial charge in [-0.1, -0.05) is 57.2 Å². The molecule has 0 unspecified atom stereocenters. The predicted molar refractivity (Wildman–Crippen MR) is 111 cm³/mol. The maximum absolute atomic E-state index is 2.36. The van der Waals surface area contributed by atoms with Crippen molar-refractivity contribution in [3.05, 3.63) is 77.5 Å². The number of benzene rings is 2. The Balaban J connectivity index is 2.12. The predicted octanol–water partition coefficient (Wildman–Crippen LogP) is 6.05. The van der Waals surface area contributed by atoms with E-state index in [1.54, 1.807) is 0 Å². The molecule has 0 aliphatic heterocycles. The number of aromatic nitrogens is 1. The molecule has 0 amide bonds. The largest absolute Gasteiger partial charge is 0.212 e. The second-order valence-electron chi connectivity index (χ2n) is 8.56. The van der Waals surface area contributed by atoms with Crippen LogP contribution in [-0.4, -0.2) is 0 Å². The van der Waals surface area contributed by atoms with Crippen LogP contribution in [-0.2, 0) is 13.5 Å². The summed E-state index contributed by atoms with van der Waals surface area (Å²) >= 11 is 0. The molecule has 0 aliphatic rings. The molecule has 2 aromatic carbocycles. The summed E-state index contributed by atoms with van der Waals surface area (Å²) in [7, 11) is 2.14. The van der Waals surface area contributed by atoms with Crippen molar-refractivity contribution in [3.8, 4) is 22.4 Å². The SMILES string of the molecule is Cc1ccccc1-c1cccc(-c2cc(CC(C)(C)C)cc[n+]2C)c1C. The van der Waals surface area contributed by atoms with Gasteiger partial charge < -0.3 is 0 Å². The smallest absolute Gasteiger partial charge is 0.201 e. The van der Waals surface area contributed by atoms with E-state index in [1.165, 1.54) is 39.1 Å². The summed E-state index contributed by atoms with van der Waals surface area (Å²) in [5, 5.41) is 0. The topological polar surface area (TPSA) is 3.88 Å². The molecule has 1 nitrogen and oxygen atoms in total. The van der Waals surface area contributed by atoms with Crippen LogP contribution in [0.25, 0.3) is 22.4 Å². The lowest BCUT2D eigenvalue weighted by Gasteiger charge is -2.18. The zero-order chi connectivity index (χ0) is 18.9. The summed E-state index contributed by atoms with van der Waals surface area (Å²) < 4.78 is 2.23. The highest BCUT2D eigenvalue weighted by molar-refractivity contribution is 5.77. The number of rotatable bonds is 3. The van der Waals surface area contributed by atoms with Crippen LogP contribution >= 0.6 is 0 Å². The lowest BCUT2D eigenvalue weighted by molar-refractivity contribution is -0.660. The molecule has 3 aromatic rings. The molecule has 0 N–H and O–H groups in total. The molecule has 0 saturated heterocycles. The van der Waals surface area contributed by atoms with Crippen molar-refractivity contribution in [1.82, 2.24) is 0 Å². The van der Waals surface area contributed by atoms with Crippen molar-refractivity contribution in [1.29, 1.82) is 0 Å². The highest BCUT2D eigenvalue weighted by Gasteiger charge is 2.18. The highest BCUT2D eigenvalue weighted by Crippen LogP contribution is 2.32. The van der Waals surface area contributed by atoms with Gasteiger partial charge >= 0.3 is 0 Å². The van der Waals surface area contributed by atoms with Gasteiger partial charge in [0.1, 0.15) is 7.05 Å². The molecule has 1 heteroatoms. The lowest BCUT2D eigenvalue weighted by atomic mass is 9.87. The van der Waals surface area contributed by atoms with E-state index < -0.39 is 0 Å². The molecule has 3 rings (SSSR count). The zero-order valence-electron chi connectivity index (χ0n) is 16.9. The van der Waals surface area contributed by atoms with Crippen molar-refractivity contribution >= 4 is 0 Å². The Morgan fingerprint density at radius 3 is 2.15 bits per heavy atom. The van der Waals surface area contributed by atoms with Crippen molar-refractivity contribution < 1.29 is 4.57 Å². The summed E-state index contributed by atoms with van der Waals surface area (Å²) in [6.45, 7) is 11.3. The maximum atomic E-state index is 2.36. The van der Waals surface area contributed by atoms with E-state index in [2.05, 4.69) is 107 Å². The summed E-state index contributed by atoms with van der Waals surface area (Å²) in [6.07, 6.45) is 3.27. The van der Waals surface area contributed by atoms with E-state index in [0.717, 1.165) is 6.42 Å². The van der Waals surface area contributed by atoms with Crippen molar-refractivity contribution in [2.75, 3.05) is 0 Å². The first kappa shape index (κ1) is 18.4. The normalized spacial score (nSPS) is 11.6. The third-order valence-electron chi connectivity index (χ3n) is 4.99. The maximum Gasteiger partial charge on any atom is 0.212 e. The van der Waals surface area contributed by atoms with E-state index in [-0.39, 0.29) is 5.41 Å². The molecular weight excluding hydrogens is 314 g/mol. The average molecular weight is 345 g/mol. The molecule has 1 aromatic heterocycles. The first-order valence-corrected chi connectivity index (χ1v) is 9.41. The molecule has 134 valence electrons. The van der Waals surface area contributed by atoms with Crippen LogP contribution in [0.3, 0.4) is 0 Å². The fourth-order valence-corrected chi connectivity index (χ4v) is 3.68. The molecule has 26 heavy (non-hydrogen) atoms. The van der Waals surface area contributed by atoms with Gasteiger partial charge in [0.15, 0.2) is 6.20 Å². The van der Waals surface area contributed by atoms with Crippen LogP contribution in [0.5, 0.6) is 0 Å². The molecule has 0 radical (unpaired) electrons. The van der Waals surface area contributed by atoms with Gasteiger partial charge in [-0.15, -0.1) is 0 Å². The van der Waals surface area contributed by atoms with Gasteiger partial charge in [-0.25, -0.2) is 4.57 Å². The third-order valence-corrected chi connectivity index (χ3v) is 4.99. The Hall–Kier alpha value is -2.41. The lowest BCUT2D eigenvalue weighted by Crippen LogP contribution is -2.31. The van der Waals surface area contributed by atoms with Gasteiger partial charge in [0, 0.05) is 17.7 Å². The van der Waals surface area contributed by atoms with E-state index in [0.29, 0.717) is 0 Å². The van der Waals surface area contributed by atoms with Gasteiger partial charge in [-0.2, -0.15) is 0 Å². The van der Waals surface area contributed by atoms with E-state index in [1.807, 2.05) is 0 Å². The summed E-state index contributed by atoms with van der Waals surface area (Å²) in [5.74, 6) is 0. The van der Waals surface area contributed by atoms with Crippen LogP contribution in [0.4, 0.5) is 0 Å². The molecule has 0 aliphatic carbocycles. The fourth-order valence-electron chi connectivity index (χ4n) is 3.68. The highest BCUT2D eigenvalue weighted by atomic mass is 14.9. The molecule has 0 saturated carbocycles. The van der Waals surface area contributed by atoms with Crippen LogP contribution in [0, 0.1) is 19.3 Å². The minimum atomic E-state index is 0.287. The minimum Gasteiger partial charge on any atom is -0.201 e. The molecule has 0 fully saturated rings. The van der Waals surface area contributed by atoms with E-state index in [9.17, 15) is 0 Å². The van der Waals surface area contributed by atoms with Crippen LogP contribution in [0.1, 0.15) is 37.5 Å². The number of nitrogens with zero attached hydrogens (tertiary/aromatic N) is 1. The third kappa shape index (κ3) is 3.88. The quantitative estimate of drug-likeness (QED) is 0.509. The fraction of sp³-hybridized carbons (Fsp3) is 0.320. The average Bonchev–Trinajstić information content (AvgIpc) is 2.57.